The summed E-state index contributed by atoms with van der Waals surface area (Å²) < 4.78 is 6.05. The van der Waals surface area contributed by atoms with Crippen LogP contribution >= 0.6 is 0 Å². The number of benzene rings is 3. The highest BCUT2D eigenvalue weighted by Crippen LogP contribution is 2.31. The van der Waals surface area contributed by atoms with Gasteiger partial charge < -0.3 is 35.3 Å². The van der Waals surface area contributed by atoms with Gasteiger partial charge >= 0.3 is 6.09 Å². The third-order valence-corrected chi connectivity index (χ3v) is 8.67. The summed E-state index contributed by atoms with van der Waals surface area (Å²) in [5.41, 5.74) is 3.05. The summed E-state index contributed by atoms with van der Waals surface area (Å²) in [6.07, 6.45) is 1.18. The standard InChI is InChI=1S/C35H35N5O7/c1-21(41)39-17-5-9-27(39)32(42)37-26-15-16-29-24(19-26)20-30(47-29)22-11-13-25(14-12-22)36-33(43)28-10-6-18-40(28)34(44)31(38-35(45)46)23-7-3-2-4-8-23/h2-4,7-8,11-16,19-20,27-28,31,38H,5-6,9-10,17-18H2,1H3,(H,36,43)(H,37,42)(H,45,46)/t27-,28-,31+/m0/s1. The molecule has 0 saturated carbocycles. The fourth-order valence-electron chi connectivity index (χ4n) is 6.37. The van der Waals surface area contributed by atoms with Crippen molar-refractivity contribution < 1.29 is 33.5 Å². The molecule has 6 rings (SSSR count). The van der Waals surface area contributed by atoms with Gasteiger partial charge in [-0.15, -0.1) is 0 Å². The maximum absolute atomic E-state index is 13.5. The van der Waals surface area contributed by atoms with E-state index in [0.29, 0.717) is 60.6 Å². The molecule has 3 heterocycles. The molecule has 0 radical (unpaired) electrons. The predicted molar refractivity (Wildman–Crippen MR) is 174 cm³/mol. The number of amides is 5. The molecule has 47 heavy (non-hydrogen) atoms. The first-order chi connectivity index (χ1) is 22.7. The number of rotatable bonds is 8. The van der Waals surface area contributed by atoms with E-state index in [1.807, 2.05) is 24.3 Å². The van der Waals surface area contributed by atoms with E-state index in [9.17, 15) is 29.1 Å². The van der Waals surface area contributed by atoms with Crippen LogP contribution in [0.15, 0.2) is 83.3 Å². The Balaban J connectivity index is 1.11. The van der Waals surface area contributed by atoms with Gasteiger partial charge in [0.05, 0.1) is 0 Å². The molecule has 12 nitrogen and oxygen atoms in total. The summed E-state index contributed by atoms with van der Waals surface area (Å²) in [5.74, 6) is -0.549. The number of carbonyl (C=O) groups is 5. The maximum Gasteiger partial charge on any atom is 0.405 e. The van der Waals surface area contributed by atoms with Crippen LogP contribution < -0.4 is 16.0 Å². The molecule has 0 unspecified atom stereocenters. The van der Waals surface area contributed by atoms with Crippen molar-refractivity contribution in [3.63, 3.8) is 0 Å². The minimum absolute atomic E-state index is 0.110. The lowest BCUT2D eigenvalue weighted by Gasteiger charge is -2.28. The third kappa shape index (κ3) is 6.81. The average molecular weight is 638 g/mol. The summed E-state index contributed by atoms with van der Waals surface area (Å²) in [7, 11) is 0. The minimum atomic E-state index is -1.33. The van der Waals surface area contributed by atoms with Gasteiger partial charge in [0.2, 0.25) is 17.7 Å². The molecular formula is C35H35N5O7. The number of hydrogen-bond donors (Lipinski definition) is 4. The van der Waals surface area contributed by atoms with E-state index in [2.05, 4.69) is 16.0 Å². The van der Waals surface area contributed by atoms with E-state index in [1.54, 1.807) is 59.5 Å². The molecule has 1 aromatic heterocycles. The molecule has 0 spiro atoms. The molecule has 3 atom stereocenters. The number of likely N-dealkylation sites (tertiary alicyclic amines) is 2. The fraction of sp³-hybridized carbons (Fsp3) is 0.286. The monoisotopic (exact) mass is 637 g/mol. The number of nitrogens with zero attached hydrogens (tertiary/aromatic N) is 2. The lowest BCUT2D eigenvalue weighted by molar-refractivity contribution is -0.138. The van der Waals surface area contributed by atoms with Crippen LogP contribution in [0.1, 0.15) is 44.2 Å². The van der Waals surface area contributed by atoms with E-state index in [4.69, 9.17) is 4.42 Å². The van der Waals surface area contributed by atoms with Crippen LogP contribution in [0.4, 0.5) is 16.2 Å². The molecule has 2 saturated heterocycles. The van der Waals surface area contributed by atoms with Crippen molar-refractivity contribution in [3.05, 3.63) is 84.4 Å². The molecule has 0 bridgehead atoms. The Hall–Kier alpha value is -5.65. The van der Waals surface area contributed by atoms with Crippen LogP contribution in [0.5, 0.6) is 0 Å². The van der Waals surface area contributed by atoms with Gasteiger partial charge in [0.25, 0.3) is 5.91 Å². The Morgan fingerprint density at radius 3 is 2.06 bits per heavy atom. The first kappa shape index (κ1) is 31.3. The number of anilines is 2. The van der Waals surface area contributed by atoms with Crippen LogP contribution in [0, 0.1) is 0 Å². The van der Waals surface area contributed by atoms with Gasteiger partial charge in [-0.2, -0.15) is 0 Å². The SMILES string of the molecule is CC(=O)N1CCC[C@H]1C(=O)Nc1ccc2oc(-c3ccc(NC(=O)[C@@H]4CCCN4C(=O)[C@H](NC(=O)O)c4ccccc4)cc3)cc2c1. The Kier molecular flexibility index (Phi) is 8.92. The predicted octanol–water partition coefficient (Wildman–Crippen LogP) is 4.99. The average Bonchev–Trinajstić information content (AvgIpc) is 3.84. The molecule has 4 N–H and O–H groups in total. The largest absolute Gasteiger partial charge is 0.465 e. The topological polar surface area (TPSA) is 161 Å². The number of nitrogens with one attached hydrogen (secondary N) is 3. The second-order valence-electron chi connectivity index (χ2n) is 11.8. The van der Waals surface area contributed by atoms with Gasteiger partial charge in [-0.25, -0.2) is 4.79 Å². The van der Waals surface area contributed by atoms with E-state index in [0.717, 1.165) is 17.4 Å². The summed E-state index contributed by atoms with van der Waals surface area (Å²) in [4.78, 5) is 66.0. The Labute approximate surface area is 270 Å². The third-order valence-electron chi connectivity index (χ3n) is 8.67. The van der Waals surface area contributed by atoms with Gasteiger partial charge in [0.15, 0.2) is 0 Å². The number of furan rings is 1. The molecule has 3 aromatic carbocycles. The molecule has 12 heteroatoms. The van der Waals surface area contributed by atoms with Gasteiger partial charge in [-0.3, -0.25) is 19.2 Å². The number of carboxylic acid groups (broad SMARTS) is 1. The van der Waals surface area contributed by atoms with Crippen molar-refractivity contribution >= 4 is 52.1 Å². The van der Waals surface area contributed by atoms with Crippen LogP contribution in [0.25, 0.3) is 22.3 Å². The highest BCUT2D eigenvalue weighted by Gasteiger charge is 2.38. The lowest BCUT2D eigenvalue weighted by atomic mass is 10.0. The summed E-state index contributed by atoms with van der Waals surface area (Å²) >= 11 is 0. The normalized spacial score (nSPS) is 18.1. The summed E-state index contributed by atoms with van der Waals surface area (Å²) in [5, 5.41) is 18.3. The van der Waals surface area contributed by atoms with Crippen molar-refractivity contribution in [3.8, 4) is 11.3 Å². The Morgan fingerprint density at radius 1 is 0.787 bits per heavy atom. The zero-order valence-electron chi connectivity index (χ0n) is 25.8. The van der Waals surface area contributed by atoms with Crippen molar-refractivity contribution in [1.29, 1.82) is 0 Å². The highest BCUT2D eigenvalue weighted by molar-refractivity contribution is 6.00. The first-order valence-electron chi connectivity index (χ1n) is 15.6. The first-order valence-corrected chi connectivity index (χ1v) is 15.6. The second-order valence-corrected chi connectivity index (χ2v) is 11.8. The molecule has 2 aliphatic rings. The van der Waals surface area contributed by atoms with Gasteiger partial charge in [0, 0.05) is 42.3 Å². The summed E-state index contributed by atoms with van der Waals surface area (Å²) in [6, 6.07) is 20.6. The Morgan fingerprint density at radius 2 is 1.40 bits per heavy atom. The van der Waals surface area contributed by atoms with E-state index < -0.39 is 30.1 Å². The highest BCUT2D eigenvalue weighted by atomic mass is 16.4. The second kappa shape index (κ2) is 13.4. The lowest BCUT2D eigenvalue weighted by Crippen LogP contribution is -2.48. The number of carbonyl (C=O) groups excluding carboxylic acids is 4. The molecule has 2 fully saturated rings. The minimum Gasteiger partial charge on any atom is -0.465 e. The van der Waals surface area contributed by atoms with E-state index >= 15 is 0 Å². The van der Waals surface area contributed by atoms with Crippen molar-refractivity contribution in [2.24, 2.45) is 0 Å². The molecular weight excluding hydrogens is 602 g/mol. The zero-order chi connectivity index (χ0) is 33.1. The number of fused-ring (bicyclic) bond motifs is 1. The van der Waals surface area contributed by atoms with Gasteiger partial charge in [-0.05, 0) is 79.8 Å². The maximum atomic E-state index is 13.5. The van der Waals surface area contributed by atoms with Gasteiger partial charge in [0.1, 0.15) is 29.5 Å². The Bertz CT molecular complexity index is 1820. The summed E-state index contributed by atoms with van der Waals surface area (Å²) in [6.45, 7) is 2.40. The van der Waals surface area contributed by atoms with Crippen LogP contribution in [0.3, 0.4) is 0 Å². The fourth-order valence-corrected chi connectivity index (χ4v) is 6.37. The number of hydrogen-bond acceptors (Lipinski definition) is 6. The molecule has 2 aliphatic heterocycles. The van der Waals surface area contributed by atoms with E-state index in [1.165, 1.54) is 11.8 Å². The van der Waals surface area contributed by atoms with Gasteiger partial charge in [-0.1, -0.05) is 30.3 Å². The molecule has 4 aromatic rings. The van der Waals surface area contributed by atoms with Crippen LogP contribution in [0.2, 0.25) is 0 Å². The van der Waals surface area contributed by atoms with E-state index in [-0.39, 0.29) is 17.7 Å². The van der Waals surface area contributed by atoms with Crippen LogP contribution in [-0.2, 0) is 19.2 Å². The van der Waals surface area contributed by atoms with Crippen molar-refractivity contribution in [1.82, 2.24) is 15.1 Å². The zero-order valence-corrected chi connectivity index (χ0v) is 25.8. The molecule has 242 valence electrons. The van der Waals surface area contributed by atoms with Crippen molar-refractivity contribution in [2.45, 2.75) is 50.7 Å². The van der Waals surface area contributed by atoms with Crippen LogP contribution in [-0.4, -0.2) is 69.8 Å². The quantitative estimate of drug-likeness (QED) is 0.212. The molecule has 0 aliphatic carbocycles. The molecule has 5 amide bonds. The van der Waals surface area contributed by atoms with Crippen molar-refractivity contribution in [2.75, 3.05) is 23.7 Å². The smallest absolute Gasteiger partial charge is 0.405 e.